The second kappa shape index (κ2) is 5.34. The van der Waals surface area contributed by atoms with Crippen molar-refractivity contribution in [1.29, 1.82) is 0 Å². The lowest BCUT2D eigenvalue weighted by atomic mass is 9.79. The minimum atomic E-state index is -0.763. The maximum absolute atomic E-state index is 10.9. The van der Waals surface area contributed by atoms with Gasteiger partial charge in [-0.25, -0.2) is 0 Å². The van der Waals surface area contributed by atoms with Crippen LogP contribution in [0.3, 0.4) is 0 Å². The molecule has 1 heterocycles. The van der Waals surface area contributed by atoms with Crippen LogP contribution in [0.2, 0.25) is 0 Å². The Morgan fingerprint density at radius 1 is 1.40 bits per heavy atom. The molecule has 5 nitrogen and oxygen atoms in total. The Hall–Kier alpha value is -1.72. The first-order chi connectivity index (χ1) is 9.69. The molecule has 0 saturated heterocycles. The summed E-state index contributed by atoms with van der Waals surface area (Å²) in [6.07, 6.45) is 4.64. The zero-order valence-electron chi connectivity index (χ0n) is 11.7. The summed E-state index contributed by atoms with van der Waals surface area (Å²) in [5, 5.41) is 22.0. The van der Waals surface area contributed by atoms with Gasteiger partial charge in [-0.3, -0.25) is 4.68 Å². The molecule has 0 spiro atoms. The molecule has 20 heavy (non-hydrogen) atoms. The van der Waals surface area contributed by atoms with Gasteiger partial charge in [0.25, 0.3) is 0 Å². The lowest BCUT2D eigenvalue weighted by Crippen LogP contribution is -2.40. The zero-order chi connectivity index (χ0) is 14.0. The van der Waals surface area contributed by atoms with Gasteiger partial charge >= 0.3 is 0 Å². The molecular formula is C15H20N4O. The van der Waals surface area contributed by atoms with Gasteiger partial charge in [-0.05, 0) is 30.4 Å². The van der Waals surface area contributed by atoms with Gasteiger partial charge in [0.1, 0.15) is 5.60 Å². The fourth-order valence-corrected chi connectivity index (χ4v) is 2.95. The first-order valence-corrected chi connectivity index (χ1v) is 7.04. The van der Waals surface area contributed by atoms with E-state index in [1.54, 1.807) is 10.9 Å². The first-order valence-electron chi connectivity index (χ1n) is 7.04. The van der Waals surface area contributed by atoms with Crippen molar-refractivity contribution in [2.45, 2.75) is 31.4 Å². The number of aromatic nitrogens is 3. The fraction of sp³-hybridized carbons (Fsp3) is 0.467. The normalized spacial score (nSPS) is 21.7. The van der Waals surface area contributed by atoms with E-state index in [1.807, 2.05) is 25.2 Å². The van der Waals surface area contributed by atoms with Gasteiger partial charge < -0.3 is 10.4 Å². The van der Waals surface area contributed by atoms with Gasteiger partial charge in [0.2, 0.25) is 0 Å². The van der Waals surface area contributed by atoms with E-state index in [0.29, 0.717) is 13.1 Å². The van der Waals surface area contributed by atoms with E-state index in [0.717, 1.165) is 30.5 Å². The van der Waals surface area contributed by atoms with Gasteiger partial charge in [-0.2, -0.15) is 0 Å². The molecule has 1 aliphatic carbocycles. The molecule has 2 aromatic rings. The van der Waals surface area contributed by atoms with Crippen LogP contribution in [0.4, 0.5) is 0 Å². The number of benzene rings is 1. The molecule has 0 aliphatic heterocycles. The molecule has 1 aromatic heterocycles. The lowest BCUT2D eigenvalue weighted by molar-refractivity contribution is 0.0188. The van der Waals surface area contributed by atoms with E-state index in [-0.39, 0.29) is 0 Å². The van der Waals surface area contributed by atoms with Crippen LogP contribution in [0.1, 0.15) is 29.7 Å². The minimum absolute atomic E-state index is 0.551. The van der Waals surface area contributed by atoms with Crippen molar-refractivity contribution in [2.24, 2.45) is 7.05 Å². The molecule has 5 heteroatoms. The predicted molar refractivity (Wildman–Crippen MR) is 76.0 cm³/mol. The number of rotatable bonds is 4. The minimum Gasteiger partial charge on any atom is -0.384 e. The maximum Gasteiger partial charge on any atom is 0.102 e. The standard InChI is InChI=1S/C15H20N4O/c1-19-13(10-17-18-19)9-16-11-15(20)8-4-6-12-5-2-3-7-14(12)15/h2-3,5,7,10,16,20H,4,6,8-9,11H2,1H3. The molecule has 0 bridgehead atoms. The SMILES string of the molecule is Cn1nncc1CNCC1(O)CCCc2ccccc21. The zero-order valence-corrected chi connectivity index (χ0v) is 11.7. The molecule has 0 fully saturated rings. The molecule has 1 aromatic carbocycles. The maximum atomic E-state index is 10.9. The summed E-state index contributed by atoms with van der Waals surface area (Å²) in [5.74, 6) is 0. The van der Waals surface area contributed by atoms with Crippen LogP contribution in [0.15, 0.2) is 30.5 Å². The molecule has 2 N–H and O–H groups in total. The second-order valence-electron chi connectivity index (χ2n) is 5.49. The van der Waals surface area contributed by atoms with E-state index >= 15 is 0 Å². The van der Waals surface area contributed by atoms with Crippen molar-refractivity contribution in [3.8, 4) is 0 Å². The largest absolute Gasteiger partial charge is 0.384 e. The lowest BCUT2D eigenvalue weighted by Gasteiger charge is -2.34. The summed E-state index contributed by atoms with van der Waals surface area (Å²) < 4.78 is 1.74. The third kappa shape index (κ3) is 2.46. The van der Waals surface area contributed by atoms with Gasteiger partial charge in [0.15, 0.2) is 0 Å². The number of hydrogen-bond acceptors (Lipinski definition) is 4. The molecule has 1 unspecified atom stereocenters. The molecule has 0 amide bonds. The third-order valence-electron chi connectivity index (χ3n) is 4.09. The van der Waals surface area contributed by atoms with Gasteiger partial charge in [-0.15, -0.1) is 5.10 Å². The van der Waals surface area contributed by atoms with Crippen LogP contribution in [0, 0.1) is 0 Å². The smallest absolute Gasteiger partial charge is 0.102 e. The molecular weight excluding hydrogens is 252 g/mol. The highest BCUT2D eigenvalue weighted by atomic mass is 16.3. The highest BCUT2D eigenvalue weighted by Gasteiger charge is 2.33. The van der Waals surface area contributed by atoms with Crippen LogP contribution >= 0.6 is 0 Å². The van der Waals surface area contributed by atoms with E-state index in [1.165, 1.54) is 5.56 Å². The average molecular weight is 272 g/mol. The Kier molecular flexibility index (Phi) is 3.54. The molecule has 0 saturated carbocycles. The summed E-state index contributed by atoms with van der Waals surface area (Å²) in [4.78, 5) is 0. The van der Waals surface area contributed by atoms with Crippen LogP contribution in [0.5, 0.6) is 0 Å². The Morgan fingerprint density at radius 3 is 3.05 bits per heavy atom. The number of nitrogens with one attached hydrogen (secondary N) is 1. The Bertz CT molecular complexity index is 595. The number of hydrogen-bond donors (Lipinski definition) is 2. The molecule has 1 aliphatic rings. The molecule has 1 atom stereocenters. The van der Waals surface area contributed by atoms with Gasteiger partial charge in [0.05, 0.1) is 11.9 Å². The molecule has 3 rings (SSSR count). The number of aryl methyl sites for hydroxylation is 2. The van der Waals surface area contributed by atoms with Crippen molar-refractivity contribution in [3.63, 3.8) is 0 Å². The van der Waals surface area contributed by atoms with Crippen LogP contribution < -0.4 is 5.32 Å². The van der Waals surface area contributed by atoms with Crippen molar-refractivity contribution in [1.82, 2.24) is 20.3 Å². The summed E-state index contributed by atoms with van der Waals surface area (Å²) >= 11 is 0. The van der Waals surface area contributed by atoms with Crippen LogP contribution in [-0.2, 0) is 25.6 Å². The fourth-order valence-electron chi connectivity index (χ4n) is 2.95. The third-order valence-corrected chi connectivity index (χ3v) is 4.09. The summed E-state index contributed by atoms with van der Waals surface area (Å²) in [5.41, 5.74) is 2.59. The summed E-state index contributed by atoms with van der Waals surface area (Å²) in [7, 11) is 1.87. The second-order valence-corrected chi connectivity index (χ2v) is 5.49. The quantitative estimate of drug-likeness (QED) is 0.876. The topological polar surface area (TPSA) is 63.0 Å². The van der Waals surface area contributed by atoms with Crippen molar-refractivity contribution in [2.75, 3.05) is 6.54 Å². The number of nitrogens with zero attached hydrogens (tertiary/aromatic N) is 3. The van der Waals surface area contributed by atoms with Gasteiger partial charge in [0, 0.05) is 20.1 Å². The van der Waals surface area contributed by atoms with E-state index in [9.17, 15) is 5.11 Å². The van der Waals surface area contributed by atoms with E-state index in [2.05, 4.69) is 21.7 Å². The van der Waals surface area contributed by atoms with Crippen LogP contribution in [0.25, 0.3) is 0 Å². The number of fused-ring (bicyclic) bond motifs is 1. The van der Waals surface area contributed by atoms with Crippen molar-refractivity contribution >= 4 is 0 Å². The average Bonchev–Trinajstić information content (AvgIpc) is 2.85. The Morgan fingerprint density at radius 2 is 2.25 bits per heavy atom. The predicted octanol–water partition coefficient (Wildman–Crippen LogP) is 1.13. The monoisotopic (exact) mass is 272 g/mol. The highest BCUT2D eigenvalue weighted by Crippen LogP contribution is 2.34. The van der Waals surface area contributed by atoms with Crippen LogP contribution in [-0.4, -0.2) is 26.6 Å². The summed E-state index contributed by atoms with van der Waals surface area (Å²) in [6, 6.07) is 8.20. The Labute approximate surface area is 118 Å². The number of aliphatic hydroxyl groups is 1. The highest BCUT2D eigenvalue weighted by molar-refractivity contribution is 5.35. The molecule has 106 valence electrons. The van der Waals surface area contributed by atoms with Gasteiger partial charge in [-0.1, -0.05) is 29.5 Å². The summed E-state index contributed by atoms with van der Waals surface area (Å²) in [6.45, 7) is 1.21. The van der Waals surface area contributed by atoms with Crippen molar-refractivity contribution in [3.05, 3.63) is 47.3 Å². The Balaban J connectivity index is 1.69. The molecule has 0 radical (unpaired) electrons. The van der Waals surface area contributed by atoms with Crippen molar-refractivity contribution < 1.29 is 5.11 Å². The van der Waals surface area contributed by atoms with E-state index < -0.39 is 5.60 Å². The first kappa shape index (κ1) is 13.3. The van der Waals surface area contributed by atoms with E-state index in [4.69, 9.17) is 0 Å².